The fraction of sp³-hybridized carbons (Fsp3) is 0.440. The summed E-state index contributed by atoms with van der Waals surface area (Å²) in [4.78, 5) is 70.2. The number of hydrogen-bond acceptors (Lipinski definition) is 8. The van der Waals surface area contributed by atoms with E-state index in [1.807, 2.05) is 0 Å². The van der Waals surface area contributed by atoms with Crippen LogP contribution in [0.25, 0.3) is 0 Å². The van der Waals surface area contributed by atoms with Gasteiger partial charge in [0.15, 0.2) is 0 Å². The third kappa shape index (κ3) is 8.26. The molecule has 1 fully saturated rings. The molecule has 14 nitrogen and oxygen atoms in total. The summed E-state index contributed by atoms with van der Waals surface area (Å²) in [6.07, 6.45) is 3.00. The predicted molar refractivity (Wildman–Crippen MR) is 135 cm³/mol. The first kappa shape index (κ1) is 29.1. The Hall–Kier alpha value is -4.46. The molecule has 0 bridgehead atoms. The molecule has 2 heterocycles. The quantitative estimate of drug-likeness (QED) is 0.165. The van der Waals surface area contributed by atoms with E-state index in [1.54, 1.807) is 12.1 Å². The van der Waals surface area contributed by atoms with Crippen LogP contribution in [-0.4, -0.2) is 90.6 Å². The molecular formula is C25H32N6O8. The third-order valence-electron chi connectivity index (χ3n) is 6.42. The van der Waals surface area contributed by atoms with E-state index in [0.717, 1.165) is 4.90 Å². The van der Waals surface area contributed by atoms with Crippen LogP contribution in [0.4, 0.5) is 0 Å². The van der Waals surface area contributed by atoms with Crippen molar-refractivity contribution >= 4 is 29.7 Å². The highest BCUT2D eigenvalue weighted by Gasteiger charge is 2.38. The Morgan fingerprint density at radius 3 is 2.36 bits per heavy atom. The van der Waals surface area contributed by atoms with E-state index in [9.17, 15) is 34.2 Å². The smallest absolute Gasteiger partial charge is 0.326 e. The summed E-state index contributed by atoms with van der Waals surface area (Å²) < 4.78 is 0. The Morgan fingerprint density at radius 1 is 1.05 bits per heavy atom. The Morgan fingerprint density at radius 2 is 1.74 bits per heavy atom. The first-order valence-corrected chi connectivity index (χ1v) is 12.4. The monoisotopic (exact) mass is 544 g/mol. The molecule has 4 atom stereocenters. The van der Waals surface area contributed by atoms with E-state index in [2.05, 4.69) is 20.6 Å². The van der Waals surface area contributed by atoms with Gasteiger partial charge in [0.05, 0.1) is 12.4 Å². The molecule has 8 N–H and O–H groups in total. The molecule has 14 heteroatoms. The highest BCUT2D eigenvalue weighted by Crippen LogP contribution is 2.20. The van der Waals surface area contributed by atoms with Gasteiger partial charge in [-0.3, -0.25) is 19.2 Å². The Balaban J connectivity index is 1.79. The highest BCUT2D eigenvalue weighted by atomic mass is 16.4. The van der Waals surface area contributed by atoms with Crippen LogP contribution in [0, 0.1) is 0 Å². The summed E-state index contributed by atoms with van der Waals surface area (Å²) in [6, 6.07) is 1.28. The number of carboxylic acids is 2. The Labute approximate surface area is 223 Å². The summed E-state index contributed by atoms with van der Waals surface area (Å²) in [5, 5.41) is 33.3. The molecular weight excluding hydrogens is 512 g/mol. The Kier molecular flexibility index (Phi) is 9.98. The van der Waals surface area contributed by atoms with Crippen molar-refractivity contribution in [1.82, 2.24) is 25.5 Å². The zero-order chi connectivity index (χ0) is 28.5. The average Bonchev–Trinajstić information content (AvgIpc) is 3.59. The van der Waals surface area contributed by atoms with Crippen molar-refractivity contribution < 1.29 is 39.3 Å². The topological polar surface area (TPSA) is 228 Å². The van der Waals surface area contributed by atoms with Crippen molar-refractivity contribution in [1.29, 1.82) is 0 Å². The number of nitrogens with one attached hydrogen (secondary N) is 3. The van der Waals surface area contributed by atoms with Gasteiger partial charge in [-0.15, -0.1) is 0 Å². The lowest BCUT2D eigenvalue weighted by Gasteiger charge is -2.29. The fourth-order valence-electron chi connectivity index (χ4n) is 4.37. The maximum atomic E-state index is 13.4. The lowest BCUT2D eigenvalue weighted by atomic mass is 10.0. The molecule has 2 aromatic rings. The molecule has 1 aliphatic rings. The lowest BCUT2D eigenvalue weighted by molar-refractivity contribution is -0.150. The van der Waals surface area contributed by atoms with Crippen LogP contribution in [0.3, 0.4) is 0 Å². The molecule has 1 aromatic heterocycles. The molecule has 0 radical (unpaired) electrons. The molecule has 1 aromatic carbocycles. The molecule has 3 rings (SSSR count). The summed E-state index contributed by atoms with van der Waals surface area (Å²) in [6.45, 7) is 0.158. The van der Waals surface area contributed by atoms with E-state index < -0.39 is 60.2 Å². The largest absolute Gasteiger partial charge is 0.508 e. The van der Waals surface area contributed by atoms with Crippen LogP contribution < -0.4 is 16.4 Å². The molecule has 3 amide bonds. The van der Waals surface area contributed by atoms with Crippen molar-refractivity contribution in [2.75, 3.05) is 6.54 Å². The van der Waals surface area contributed by atoms with Crippen LogP contribution in [0.2, 0.25) is 0 Å². The van der Waals surface area contributed by atoms with E-state index >= 15 is 0 Å². The number of nitrogens with two attached hydrogens (primary N) is 1. The van der Waals surface area contributed by atoms with E-state index in [0.29, 0.717) is 17.7 Å². The molecule has 1 saturated heterocycles. The summed E-state index contributed by atoms with van der Waals surface area (Å²) >= 11 is 0. The SMILES string of the molecule is NC(Cc1cnc[nH]1)C(=O)NC(Cc1ccc(O)cc1)C(=O)NC(CCC(=O)O)C(=O)N1CCCC1C(=O)O. The van der Waals surface area contributed by atoms with Gasteiger partial charge in [0, 0.05) is 37.7 Å². The second kappa shape index (κ2) is 13.4. The van der Waals surface area contributed by atoms with Gasteiger partial charge in [-0.2, -0.15) is 0 Å². The molecule has 1 aliphatic heterocycles. The number of aromatic nitrogens is 2. The second-order valence-electron chi connectivity index (χ2n) is 9.34. The number of carboxylic acid groups (broad SMARTS) is 2. The minimum absolute atomic E-state index is 0.00305. The molecule has 4 unspecified atom stereocenters. The minimum atomic E-state index is -1.33. The zero-order valence-electron chi connectivity index (χ0n) is 21.1. The molecule has 0 saturated carbocycles. The number of likely N-dealkylation sites (tertiary alicyclic amines) is 1. The van der Waals surface area contributed by atoms with Crippen LogP contribution in [0.15, 0.2) is 36.8 Å². The van der Waals surface area contributed by atoms with Gasteiger partial charge in [-0.05, 0) is 37.0 Å². The van der Waals surface area contributed by atoms with Crippen LogP contribution in [-0.2, 0) is 36.8 Å². The van der Waals surface area contributed by atoms with Crippen LogP contribution in [0.5, 0.6) is 5.75 Å². The first-order chi connectivity index (χ1) is 18.5. The van der Waals surface area contributed by atoms with Crippen molar-refractivity contribution in [2.24, 2.45) is 5.73 Å². The van der Waals surface area contributed by atoms with E-state index in [1.165, 1.54) is 24.7 Å². The number of carbonyl (C=O) groups excluding carboxylic acids is 3. The fourth-order valence-corrected chi connectivity index (χ4v) is 4.37. The number of aliphatic carboxylic acids is 2. The summed E-state index contributed by atoms with van der Waals surface area (Å²) in [5.74, 6) is -4.52. The Bertz CT molecular complexity index is 1170. The highest BCUT2D eigenvalue weighted by molar-refractivity contribution is 5.94. The van der Waals surface area contributed by atoms with Crippen LogP contribution in [0.1, 0.15) is 36.9 Å². The van der Waals surface area contributed by atoms with Gasteiger partial charge in [0.1, 0.15) is 23.9 Å². The van der Waals surface area contributed by atoms with Crippen molar-refractivity contribution in [2.45, 2.75) is 62.7 Å². The van der Waals surface area contributed by atoms with Gasteiger partial charge in [0.25, 0.3) is 0 Å². The number of nitrogens with zero attached hydrogens (tertiary/aromatic N) is 2. The van der Waals surface area contributed by atoms with Gasteiger partial charge >= 0.3 is 11.9 Å². The standard InChI is InChI=1S/C25H32N6O8/c26-17(11-15-12-27-13-28-15)22(35)30-19(10-14-3-5-16(32)6-4-14)23(36)29-18(7-8-21(33)34)24(37)31-9-1-2-20(31)25(38)39/h3-6,12-13,17-20,32H,1-2,7-11,26H2,(H,27,28)(H,29,36)(H,30,35)(H,33,34)(H,38,39). The number of imidazole rings is 1. The van der Waals surface area contributed by atoms with Gasteiger partial charge in [-0.1, -0.05) is 12.1 Å². The number of carbonyl (C=O) groups is 5. The summed E-state index contributed by atoms with van der Waals surface area (Å²) in [7, 11) is 0. The normalized spacial score (nSPS) is 17.2. The maximum Gasteiger partial charge on any atom is 0.326 e. The number of aromatic amines is 1. The number of H-pyrrole nitrogens is 1. The first-order valence-electron chi connectivity index (χ1n) is 12.4. The molecule has 39 heavy (non-hydrogen) atoms. The number of rotatable bonds is 13. The lowest BCUT2D eigenvalue weighted by Crippen LogP contribution is -2.57. The second-order valence-corrected chi connectivity index (χ2v) is 9.34. The van der Waals surface area contributed by atoms with Gasteiger partial charge < -0.3 is 41.6 Å². The number of benzene rings is 1. The molecule has 210 valence electrons. The molecule has 0 spiro atoms. The number of hydrogen-bond donors (Lipinski definition) is 7. The maximum absolute atomic E-state index is 13.4. The van der Waals surface area contributed by atoms with E-state index in [-0.39, 0.29) is 38.0 Å². The van der Waals surface area contributed by atoms with Crippen molar-refractivity contribution in [3.8, 4) is 5.75 Å². The van der Waals surface area contributed by atoms with Gasteiger partial charge in [0.2, 0.25) is 17.7 Å². The van der Waals surface area contributed by atoms with E-state index in [4.69, 9.17) is 10.8 Å². The number of phenolic OH excluding ortho intramolecular Hbond substituents is 1. The number of aromatic hydroxyl groups is 1. The number of phenols is 1. The van der Waals surface area contributed by atoms with Crippen molar-refractivity contribution in [3.05, 3.63) is 48.0 Å². The third-order valence-corrected chi connectivity index (χ3v) is 6.42. The van der Waals surface area contributed by atoms with Gasteiger partial charge in [-0.25, -0.2) is 9.78 Å². The number of amides is 3. The summed E-state index contributed by atoms with van der Waals surface area (Å²) in [5.41, 5.74) is 7.21. The predicted octanol–water partition coefficient (Wildman–Crippen LogP) is -0.862. The average molecular weight is 545 g/mol. The zero-order valence-corrected chi connectivity index (χ0v) is 21.1. The van der Waals surface area contributed by atoms with Crippen LogP contribution >= 0.6 is 0 Å². The molecule has 0 aliphatic carbocycles. The minimum Gasteiger partial charge on any atom is -0.508 e. The van der Waals surface area contributed by atoms with Crippen molar-refractivity contribution in [3.63, 3.8) is 0 Å².